The molecule has 0 unspecified atom stereocenters. The van der Waals surface area contributed by atoms with Crippen molar-refractivity contribution < 1.29 is 9.53 Å². The molecular weight excluding hydrogens is 202 g/mol. The maximum atomic E-state index is 10.9. The van der Waals surface area contributed by atoms with E-state index in [0.717, 1.165) is 32.5 Å². The molecule has 0 fully saturated rings. The van der Waals surface area contributed by atoms with E-state index in [2.05, 4.69) is 16.6 Å². The van der Waals surface area contributed by atoms with Gasteiger partial charge in [0.25, 0.3) is 0 Å². The number of halogens is 1. The zero-order valence-electron chi connectivity index (χ0n) is 9.09. The minimum absolute atomic E-state index is 0.142. The number of rotatable bonds is 8. The van der Waals surface area contributed by atoms with Crippen LogP contribution in [0.1, 0.15) is 26.2 Å². The van der Waals surface area contributed by atoms with Gasteiger partial charge in [0.2, 0.25) is 0 Å². The van der Waals surface area contributed by atoms with Crippen LogP contribution in [0.2, 0.25) is 0 Å². The number of alkyl halides is 1. The molecule has 0 bridgehead atoms. The number of hydrogen-bond donors (Lipinski definition) is 0. The smallest absolute Gasteiger partial charge is 0.306 e. The fourth-order valence-corrected chi connectivity index (χ4v) is 1.41. The first-order valence-electron chi connectivity index (χ1n) is 5.09. The van der Waals surface area contributed by atoms with Crippen molar-refractivity contribution >= 4 is 17.6 Å². The van der Waals surface area contributed by atoms with Crippen LogP contribution in [0.25, 0.3) is 0 Å². The van der Waals surface area contributed by atoms with E-state index in [1.165, 1.54) is 7.11 Å². The Hall–Kier alpha value is -0.280. The Labute approximate surface area is 91.4 Å². The van der Waals surface area contributed by atoms with Gasteiger partial charge in [0.05, 0.1) is 13.5 Å². The van der Waals surface area contributed by atoms with Gasteiger partial charge in [-0.2, -0.15) is 0 Å². The van der Waals surface area contributed by atoms with Gasteiger partial charge in [-0.05, 0) is 25.9 Å². The van der Waals surface area contributed by atoms with E-state index < -0.39 is 0 Å². The van der Waals surface area contributed by atoms with E-state index in [1.807, 2.05) is 0 Å². The van der Waals surface area contributed by atoms with E-state index in [9.17, 15) is 4.79 Å². The lowest BCUT2D eigenvalue weighted by molar-refractivity contribution is -0.141. The summed E-state index contributed by atoms with van der Waals surface area (Å²) < 4.78 is 4.59. The van der Waals surface area contributed by atoms with E-state index in [4.69, 9.17) is 11.6 Å². The minimum atomic E-state index is -0.142. The molecule has 0 spiro atoms. The molecule has 14 heavy (non-hydrogen) atoms. The summed E-state index contributed by atoms with van der Waals surface area (Å²) >= 11 is 5.62. The van der Waals surface area contributed by atoms with Crippen LogP contribution >= 0.6 is 11.6 Å². The van der Waals surface area contributed by atoms with Crippen LogP contribution in [0.5, 0.6) is 0 Å². The first-order valence-corrected chi connectivity index (χ1v) is 5.63. The van der Waals surface area contributed by atoms with Gasteiger partial charge in [-0.25, -0.2) is 0 Å². The van der Waals surface area contributed by atoms with Crippen molar-refractivity contribution in [2.24, 2.45) is 0 Å². The number of esters is 1. The Morgan fingerprint density at radius 2 is 2.07 bits per heavy atom. The molecule has 0 aliphatic carbocycles. The van der Waals surface area contributed by atoms with Crippen molar-refractivity contribution in [2.75, 3.05) is 32.6 Å². The van der Waals surface area contributed by atoms with Crippen molar-refractivity contribution in [3.8, 4) is 0 Å². The molecule has 0 radical (unpaired) electrons. The van der Waals surface area contributed by atoms with E-state index in [-0.39, 0.29) is 5.97 Å². The molecule has 0 aromatic carbocycles. The lowest BCUT2D eigenvalue weighted by atomic mass is 10.3. The average Bonchev–Trinajstić information content (AvgIpc) is 2.21. The molecule has 0 saturated carbocycles. The van der Waals surface area contributed by atoms with Crippen LogP contribution in [0, 0.1) is 0 Å². The molecule has 3 nitrogen and oxygen atoms in total. The van der Waals surface area contributed by atoms with Crippen LogP contribution in [-0.4, -0.2) is 43.5 Å². The number of ether oxygens (including phenoxy) is 1. The molecule has 0 rings (SSSR count). The molecule has 0 atom stereocenters. The Balaban J connectivity index is 3.66. The predicted molar refractivity (Wildman–Crippen MR) is 58.7 cm³/mol. The van der Waals surface area contributed by atoms with Gasteiger partial charge in [0, 0.05) is 12.4 Å². The third-order valence-corrected chi connectivity index (χ3v) is 2.27. The SMILES string of the molecule is CCCN(CCCCl)CCC(=O)OC. The zero-order valence-corrected chi connectivity index (χ0v) is 9.85. The summed E-state index contributed by atoms with van der Waals surface area (Å²) in [5.41, 5.74) is 0. The summed E-state index contributed by atoms with van der Waals surface area (Å²) in [6.07, 6.45) is 2.55. The highest BCUT2D eigenvalue weighted by Gasteiger charge is 2.06. The van der Waals surface area contributed by atoms with Gasteiger partial charge in [-0.15, -0.1) is 11.6 Å². The third kappa shape index (κ3) is 7.15. The lowest BCUT2D eigenvalue weighted by Gasteiger charge is -2.20. The molecule has 0 heterocycles. The quantitative estimate of drug-likeness (QED) is 0.463. The molecule has 4 heteroatoms. The number of carbonyl (C=O) groups excluding carboxylic acids is 1. The van der Waals surface area contributed by atoms with Crippen LogP contribution in [0.15, 0.2) is 0 Å². The molecule has 0 amide bonds. The number of nitrogens with zero attached hydrogens (tertiary/aromatic N) is 1. The average molecular weight is 222 g/mol. The Bertz CT molecular complexity index is 153. The number of methoxy groups -OCH3 is 1. The van der Waals surface area contributed by atoms with Gasteiger partial charge in [0.1, 0.15) is 0 Å². The van der Waals surface area contributed by atoms with E-state index in [1.54, 1.807) is 0 Å². The normalized spacial score (nSPS) is 10.6. The van der Waals surface area contributed by atoms with Crippen molar-refractivity contribution in [1.82, 2.24) is 4.90 Å². The predicted octanol–water partition coefficient (Wildman–Crippen LogP) is 1.89. The Kier molecular flexibility index (Phi) is 9.10. The maximum Gasteiger partial charge on any atom is 0.306 e. The molecule has 0 aromatic rings. The van der Waals surface area contributed by atoms with E-state index in [0.29, 0.717) is 12.3 Å². The topological polar surface area (TPSA) is 29.5 Å². The molecular formula is C10H20ClNO2. The number of carbonyl (C=O) groups is 1. The summed E-state index contributed by atoms with van der Waals surface area (Å²) in [6, 6.07) is 0. The molecule has 0 N–H and O–H groups in total. The monoisotopic (exact) mass is 221 g/mol. The zero-order chi connectivity index (χ0) is 10.8. The molecule has 0 aliphatic heterocycles. The third-order valence-electron chi connectivity index (χ3n) is 2.01. The summed E-state index contributed by atoms with van der Waals surface area (Å²) in [6.45, 7) is 4.89. The highest BCUT2D eigenvalue weighted by atomic mass is 35.5. The van der Waals surface area contributed by atoms with Crippen LogP contribution in [-0.2, 0) is 9.53 Å². The number of hydrogen-bond acceptors (Lipinski definition) is 3. The highest BCUT2D eigenvalue weighted by molar-refractivity contribution is 6.17. The molecule has 0 aromatic heterocycles. The van der Waals surface area contributed by atoms with Crippen molar-refractivity contribution in [3.05, 3.63) is 0 Å². The Morgan fingerprint density at radius 3 is 2.57 bits per heavy atom. The molecule has 0 saturated heterocycles. The van der Waals surface area contributed by atoms with Gasteiger partial charge < -0.3 is 9.64 Å². The minimum Gasteiger partial charge on any atom is -0.469 e. The van der Waals surface area contributed by atoms with Crippen LogP contribution in [0.4, 0.5) is 0 Å². The molecule has 84 valence electrons. The van der Waals surface area contributed by atoms with Crippen LogP contribution < -0.4 is 0 Å². The lowest BCUT2D eigenvalue weighted by Crippen LogP contribution is -2.28. The first kappa shape index (κ1) is 13.7. The van der Waals surface area contributed by atoms with Gasteiger partial charge in [-0.3, -0.25) is 4.79 Å². The van der Waals surface area contributed by atoms with Crippen molar-refractivity contribution in [1.29, 1.82) is 0 Å². The fraction of sp³-hybridized carbons (Fsp3) is 0.900. The van der Waals surface area contributed by atoms with Gasteiger partial charge in [0.15, 0.2) is 0 Å². The van der Waals surface area contributed by atoms with E-state index >= 15 is 0 Å². The maximum absolute atomic E-state index is 10.9. The van der Waals surface area contributed by atoms with Crippen LogP contribution in [0.3, 0.4) is 0 Å². The second-order valence-electron chi connectivity index (χ2n) is 3.21. The summed E-state index contributed by atoms with van der Waals surface area (Å²) in [4.78, 5) is 13.2. The largest absolute Gasteiger partial charge is 0.469 e. The summed E-state index contributed by atoms with van der Waals surface area (Å²) in [5, 5.41) is 0. The fourth-order valence-electron chi connectivity index (χ4n) is 1.29. The molecule has 0 aliphatic rings. The first-order chi connectivity index (χ1) is 6.74. The standard InChI is InChI=1S/C10H20ClNO2/c1-3-7-12(8-4-6-11)9-5-10(13)14-2/h3-9H2,1-2H3. The van der Waals surface area contributed by atoms with Gasteiger partial charge >= 0.3 is 5.97 Å². The Morgan fingerprint density at radius 1 is 1.36 bits per heavy atom. The highest BCUT2D eigenvalue weighted by Crippen LogP contribution is 1.98. The van der Waals surface area contributed by atoms with Crippen molar-refractivity contribution in [2.45, 2.75) is 26.2 Å². The second kappa shape index (κ2) is 9.28. The van der Waals surface area contributed by atoms with Crippen molar-refractivity contribution in [3.63, 3.8) is 0 Å². The second-order valence-corrected chi connectivity index (χ2v) is 3.59. The van der Waals surface area contributed by atoms with Gasteiger partial charge in [-0.1, -0.05) is 6.92 Å². The summed E-state index contributed by atoms with van der Waals surface area (Å²) in [5.74, 6) is 0.537. The summed E-state index contributed by atoms with van der Waals surface area (Å²) in [7, 11) is 1.42.